The Kier molecular flexibility index (Phi) is 5.48. The van der Waals surface area contributed by atoms with E-state index in [2.05, 4.69) is 20.4 Å². The number of likely N-dealkylation sites (tertiary alicyclic amines) is 1. The second kappa shape index (κ2) is 7.77. The van der Waals surface area contributed by atoms with Crippen LogP contribution in [0.1, 0.15) is 25.7 Å². The van der Waals surface area contributed by atoms with Crippen molar-refractivity contribution in [2.24, 2.45) is 5.92 Å². The standard InChI is InChI=1S/C17H21ClN4O2/c1-12(23)19-9-13-4-3-7-22(10-13)11-16-20-17(21-24-16)14-5-2-6-15(18)8-14/h2,5-6,8,13H,3-4,7,9-11H2,1H3,(H,19,23). The highest BCUT2D eigenvalue weighted by atomic mass is 35.5. The summed E-state index contributed by atoms with van der Waals surface area (Å²) in [5, 5.41) is 7.59. The van der Waals surface area contributed by atoms with E-state index in [1.807, 2.05) is 24.3 Å². The van der Waals surface area contributed by atoms with Gasteiger partial charge < -0.3 is 9.84 Å². The van der Waals surface area contributed by atoms with Gasteiger partial charge in [0, 0.05) is 30.6 Å². The summed E-state index contributed by atoms with van der Waals surface area (Å²) in [5.74, 6) is 1.65. The van der Waals surface area contributed by atoms with Crippen LogP contribution in [0.3, 0.4) is 0 Å². The van der Waals surface area contributed by atoms with Crippen molar-refractivity contribution < 1.29 is 9.32 Å². The van der Waals surface area contributed by atoms with Gasteiger partial charge in [-0.05, 0) is 37.4 Å². The summed E-state index contributed by atoms with van der Waals surface area (Å²) in [6.07, 6.45) is 2.24. The van der Waals surface area contributed by atoms with E-state index in [0.717, 1.165) is 38.0 Å². The molecule has 128 valence electrons. The van der Waals surface area contributed by atoms with E-state index >= 15 is 0 Å². The number of amides is 1. The Morgan fingerprint density at radius 3 is 3.17 bits per heavy atom. The molecule has 3 rings (SSSR count). The molecule has 1 fully saturated rings. The Morgan fingerprint density at radius 2 is 2.38 bits per heavy atom. The van der Waals surface area contributed by atoms with Crippen molar-refractivity contribution in [3.8, 4) is 11.4 Å². The van der Waals surface area contributed by atoms with Crippen molar-refractivity contribution in [1.29, 1.82) is 0 Å². The van der Waals surface area contributed by atoms with Crippen LogP contribution in [-0.2, 0) is 11.3 Å². The predicted molar refractivity (Wildman–Crippen MR) is 91.4 cm³/mol. The fraction of sp³-hybridized carbons (Fsp3) is 0.471. The molecular formula is C17H21ClN4O2. The van der Waals surface area contributed by atoms with Crippen LogP contribution in [0.4, 0.5) is 0 Å². The molecule has 1 aliphatic rings. The Hall–Kier alpha value is -1.92. The minimum atomic E-state index is 0.0233. The third-order valence-corrected chi connectivity index (χ3v) is 4.39. The third-order valence-electron chi connectivity index (χ3n) is 4.15. The van der Waals surface area contributed by atoms with Crippen molar-refractivity contribution in [1.82, 2.24) is 20.4 Å². The topological polar surface area (TPSA) is 71.3 Å². The van der Waals surface area contributed by atoms with Gasteiger partial charge in [-0.3, -0.25) is 9.69 Å². The Balaban J connectivity index is 1.59. The summed E-state index contributed by atoms with van der Waals surface area (Å²) in [4.78, 5) is 17.8. The summed E-state index contributed by atoms with van der Waals surface area (Å²) >= 11 is 6.00. The summed E-state index contributed by atoms with van der Waals surface area (Å²) in [5.41, 5.74) is 0.847. The molecule has 1 N–H and O–H groups in total. The van der Waals surface area contributed by atoms with Gasteiger partial charge in [0.2, 0.25) is 17.6 Å². The fourth-order valence-corrected chi connectivity index (χ4v) is 3.20. The van der Waals surface area contributed by atoms with Crippen LogP contribution in [-0.4, -0.2) is 40.6 Å². The molecule has 0 bridgehead atoms. The second-order valence-electron chi connectivity index (χ2n) is 6.20. The van der Waals surface area contributed by atoms with Gasteiger partial charge in [-0.25, -0.2) is 0 Å². The Labute approximate surface area is 146 Å². The molecular weight excluding hydrogens is 328 g/mol. The molecule has 0 aliphatic carbocycles. The van der Waals surface area contributed by atoms with E-state index in [1.165, 1.54) is 0 Å². The van der Waals surface area contributed by atoms with Crippen molar-refractivity contribution in [3.63, 3.8) is 0 Å². The SMILES string of the molecule is CC(=O)NCC1CCCN(Cc2nc(-c3cccc(Cl)c3)no2)C1. The molecule has 2 heterocycles. The first-order valence-electron chi connectivity index (χ1n) is 8.15. The van der Waals surface area contributed by atoms with Gasteiger partial charge >= 0.3 is 0 Å². The average Bonchev–Trinajstić information content (AvgIpc) is 3.02. The number of halogens is 1. The van der Waals surface area contributed by atoms with Crippen molar-refractivity contribution >= 4 is 17.5 Å². The van der Waals surface area contributed by atoms with Crippen molar-refractivity contribution in [2.75, 3.05) is 19.6 Å². The zero-order chi connectivity index (χ0) is 16.9. The van der Waals surface area contributed by atoms with Crippen LogP contribution in [0.25, 0.3) is 11.4 Å². The molecule has 1 atom stereocenters. The lowest BCUT2D eigenvalue weighted by atomic mass is 9.98. The Bertz CT molecular complexity index is 703. The van der Waals surface area contributed by atoms with E-state index < -0.39 is 0 Å². The van der Waals surface area contributed by atoms with Crippen LogP contribution < -0.4 is 5.32 Å². The average molecular weight is 349 g/mol. The number of nitrogens with one attached hydrogen (secondary N) is 1. The van der Waals surface area contributed by atoms with Gasteiger partial charge in [-0.2, -0.15) is 4.98 Å². The van der Waals surface area contributed by atoms with E-state index in [-0.39, 0.29) is 5.91 Å². The zero-order valence-electron chi connectivity index (χ0n) is 13.7. The number of hydrogen-bond donors (Lipinski definition) is 1. The van der Waals surface area contributed by atoms with Gasteiger partial charge in [-0.15, -0.1) is 0 Å². The molecule has 0 spiro atoms. The number of benzene rings is 1. The fourth-order valence-electron chi connectivity index (χ4n) is 3.00. The number of aromatic nitrogens is 2. The van der Waals surface area contributed by atoms with Crippen molar-refractivity contribution in [3.05, 3.63) is 35.2 Å². The number of carbonyl (C=O) groups excluding carboxylic acids is 1. The maximum atomic E-state index is 11.1. The highest BCUT2D eigenvalue weighted by molar-refractivity contribution is 6.30. The highest BCUT2D eigenvalue weighted by Crippen LogP contribution is 2.21. The minimum Gasteiger partial charge on any atom is -0.356 e. The van der Waals surface area contributed by atoms with Gasteiger partial charge in [0.1, 0.15) is 0 Å². The number of piperidine rings is 1. The maximum Gasteiger partial charge on any atom is 0.241 e. The molecule has 1 aromatic heterocycles. The number of rotatable bonds is 5. The molecule has 1 aromatic carbocycles. The van der Waals surface area contributed by atoms with Crippen LogP contribution in [0, 0.1) is 5.92 Å². The smallest absolute Gasteiger partial charge is 0.241 e. The van der Waals surface area contributed by atoms with Gasteiger partial charge in [0.25, 0.3) is 0 Å². The van der Waals surface area contributed by atoms with Crippen LogP contribution in [0.2, 0.25) is 5.02 Å². The molecule has 24 heavy (non-hydrogen) atoms. The van der Waals surface area contributed by atoms with Crippen LogP contribution >= 0.6 is 11.6 Å². The van der Waals surface area contributed by atoms with E-state index in [9.17, 15) is 4.79 Å². The summed E-state index contributed by atoms with van der Waals surface area (Å²) in [6.45, 7) is 4.84. The quantitative estimate of drug-likeness (QED) is 0.899. The third kappa shape index (κ3) is 4.55. The summed E-state index contributed by atoms with van der Waals surface area (Å²) in [7, 11) is 0. The van der Waals surface area contributed by atoms with Crippen LogP contribution in [0.5, 0.6) is 0 Å². The number of hydrogen-bond acceptors (Lipinski definition) is 5. The molecule has 6 nitrogen and oxygen atoms in total. The lowest BCUT2D eigenvalue weighted by molar-refractivity contribution is -0.119. The lowest BCUT2D eigenvalue weighted by Crippen LogP contribution is -2.40. The molecule has 1 aliphatic heterocycles. The monoisotopic (exact) mass is 348 g/mol. The number of nitrogens with zero attached hydrogens (tertiary/aromatic N) is 3. The highest BCUT2D eigenvalue weighted by Gasteiger charge is 2.22. The molecule has 1 unspecified atom stereocenters. The second-order valence-corrected chi connectivity index (χ2v) is 6.64. The van der Waals surface area contributed by atoms with E-state index in [4.69, 9.17) is 16.1 Å². The lowest BCUT2D eigenvalue weighted by Gasteiger charge is -2.31. The van der Waals surface area contributed by atoms with Gasteiger partial charge in [0.05, 0.1) is 6.54 Å². The normalized spacial score (nSPS) is 18.5. The van der Waals surface area contributed by atoms with Crippen LogP contribution in [0.15, 0.2) is 28.8 Å². The molecule has 1 amide bonds. The minimum absolute atomic E-state index is 0.0233. The zero-order valence-corrected chi connectivity index (χ0v) is 14.4. The van der Waals surface area contributed by atoms with E-state index in [1.54, 1.807) is 6.92 Å². The van der Waals surface area contributed by atoms with Gasteiger partial charge in [0.15, 0.2) is 0 Å². The first kappa shape index (κ1) is 16.9. The maximum absolute atomic E-state index is 11.1. The summed E-state index contributed by atoms with van der Waals surface area (Å²) < 4.78 is 5.38. The summed E-state index contributed by atoms with van der Waals surface area (Å²) in [6, 6.07) is 7.41. The predicted octanol–water partition coefficient (Wildman–Crippen LogP) is 2.74. The Morgan fingerprint density at radius 1 is 1.50 bits per heavy atom. The largest absolute Gasteiger partial charge is 0.356 e. The van der Waals surface area contributed by atoms with E-state index in [0.29, 0.717) is 29.2 Å². The van der Waals surface area contributed by atoms with Gasteiger partial charge in [-0.1, -0.05) is 28.9 Å². The van der Waals surface area contributed by atoms with Crippen molar-refractivity contribution in [2.45, 2.75) is 26.3 Å². The molecule has 2 aromatic rings. The number of carbonyl (C=O) groups is 1. The molecule has 7 heteroatoms. The molecule has 1 saturated heterocycles. The molecule has 0 radical (unpaired) electrons. The first-order chi connectivity index (χ1) is 11.6. The molecule has 0 saturated carbocycles. The first-order valence-corrected chi connectivity index (χ1v) is 8.53.